The molecular formula is C15H26ClN3O2. The Labute approximate surface area is 132 Å². The Morgan fingerprint density at radius 2 is 2.19 bits per heavy atom. The maximum Gasteiger partial charge on any atom is 0.176 e. The van der Waals surface area contributed by atoms with E-state index in [9.17, 15) is 5.11 Å². The van der Waals surface area contributed by atoms with E-state index in [4.69, 9.17) is 16.4 Å². The molecule has 1 heterocycles. The van der Waals surface area contributed by atoms with E-state index in [1.54, 1.807) is 19.3 Å². The van der Waals surface area contributed by atoms with Crippen LogP contribution in [0.5, 0.6) is 0 Å². The number of β-amino-alcohol motifs (C(OH)–C–C–N with tert-alkyl or cyclic N) is 1. The Morgan fingerprint density at radius 3 is 2.81 bits per heavy atom. The van der Waals surface area contributed by atoms with Crippen LogP contribution in [-0.2, 0) is 4.84 Å². The lowest BCUT2D eigenvalue weighted by Crippen LogP contribution is -2.36. The molecule has 0 saturated carbocycles. The van der Waals surface area contributed by atoms with E-state index < -0.39 is 0 Å². The summed E-state index contributed by atoms with van der Waals surface area (Å²) in [6.45, 7) is 6.86. The van der Waals surface area contributed by atoms with Crippen molar-refractivity contribution in [3.05, 3.63) is 24.4 Å². The van der Waals surface area contributed by atoms with E-state index in [2.05, 4.69) is 22.0 Å². The molecule has 1 fully saturated rings. The SMILES string of the molecule is C=CC(=C\NC)/C(Cl)=N/OCCC(O)CN1CCCCC1. The molecule has 6 heteroatoms. The summed E-state index contributed by atoms with van der Waals surface area (Å²) in [4.78, 5) is 7.45. The van der Waals surface area contributed by atoms with Crippen LogP contribution < -0.4 is 5.32 Å². The summed E-state index contributed by atoms with van der Waals surface area (Å²) in [5.41, 5.74) is 0.660. The van der Waals surface area contributed by atoms with Gasteiger partial charge in [-0.05, 0) is 25.9 Å². The van der Waals surface area contributed by atoms with Crippen molar-refractivity contribution in [3.8, 4) is 0 Å². The van der Waals surface area contributed by atoms with Gasteiger partial charge in [0.1, 0.15) is 6.61 Å². The van der Waals surface area contributed by atoms with Gasteiger partial charge >= 0.3 is 0 Å². The van der Waals surface area contributed by atoms with E-state index >= 15 is 0 Å². The largest absolute Gasteiger partial charge is 0.394 e. The van der Waals surface area contributed by atoms with Gasteiger partial charge in [-0.3, -0.25) is 0 Å². The predicted molar refractivity (Wildman–Crippen MR) is 87.5 cm³/mol. The Hall–Kier alpha value is -1.04. The van der Waals surface area contributed by atoms with Crippen molar-refractivity contribution in [2.75, 3.05) is 33.3 Å². The van der Waals surface area contributed by atoms with Gasteiger partial charge in [0.2, 0.25) is 0 Å². The molecule has 0 radical (unpaired) electrons. The molecule has 0 spiro atoms. The number of likely N-dealkylation sites (tertiary alicyclic amines) is 1. The molecule has 0 aromatic carbocycles. The van der Waals surface area contributed by atoms with Crippen molar-refractivity contribution in [1.82, 2.24) is 10.2 Å². The van der Waals surface area contributed by atoms with E-state index in [1.807, 2.05) is 0 Å². The quantitative estimate of drug-likeness (QED) is 0.296. The third-order valence-electron chi connectivity index (χ3n) is 3.36. The Balaban J connectivity index is 2.22. The van der Waals surface area contributed by atoms with Crippen LogP contribution >= 0.6 is 11.6 Å². The lowest BCUT2D eigenvalue weighted by molar-refractivity contribution is 0.0574. The highest BCUT2D eigenvalue weighted by atomic mass is 35.5. The van der Waals surface area contributed by atoms with E-state index in [0.717, 1.165) is 13.1 Å². The monoisotopic (exact) mass is 315 g/mol. The van der Waals surface area contributed by atoms with Gasteiger partial charge in [0, 0.05) is 31.8 Å². The number of halogens is 1. The number of allylic oxidation sites excluding steroid dienone is 2. The van der Waals surface area contributed by atoms with Gasteiger partial charge in [-0.2, -0.15) is 0 Å². The van der Waals surface area contributed by atoms with Crippen LogP contribution in [0.3, 0.4) is 0 Å². The van der Waals surface area contributed by atoms with Gasteiger partial charge in [-0.25, -0.2) is 0 Å². The Kier molecular flexibility index (Phi) is 9.14. The van der Waals surface area contributed by atoms with Gasteiger partial charge in [0.25, 0.3) is 0 Å². The fraction of sp³-hybridized carbons (Fsp3) is 0.667. The van der Waals surface area contributed by atoms with E-state index in [-0.39, 0.29) is 11.3 Å². The minimum atomic E-state index is -0.385. The minimum absolute atomic E-state index is 0.241. The molecule has 0 aromatic heterocycles. The number of hydrogen-bond donors (Lipinski definition) is 2. The first-order valence-corrected chi connectivity index (χ1v) is 7.81. The molecule has 1 rings (SSSR count). The van der Waals surface area contributed by atoms with Crippen molar-refractivity contribution < 1.29 is 9.94 Å². The molecular weight excluding hydrogens is 290 g/mol. The standard InChI is InChI=1S/C15H26ClN3O2/c1-3-13(11-17-2)15(16)18-21-10-7-14(20)12-19-8-5-4-6-9-19/h3,11,14,17,20H,1,4-10,12H2,2H3/b13-11+,18-15-. The number of oxime groups is 1. The highest BCUT2D eigenvalue weighted by molar-refractivity contribution is 6.69. The van der Waals surface area contributed by atoms with E-state index in [1.165, 1.54) is 19.3 Å². The summed E-state index contributed by atoms with van der Waals surface area (Å²) in [6.07, 6.45) is 7.20. The summed E-state index contributed by atoms with van der Waals surface area (Å²) >= 11 is 5.97. The highest BCUT2D eigenvalue weighted by Gasteiger charge is 2.14. The summed E-state index contributed by atoms with van der Waals surface area (Å²) in [5, 5.41) is 16.9. The van der Waals surface area contributed by atoms with Crippen LogP contribution in [0.25, 0.3) is 0 Å². The van der Waals surface area contributed by atoms with Crippen LogP contribution in [0.1, 0.15) is 25.7 Å². The number of aliphatic hydroxyl groups excluding tert-OH is 1. The number of nitrogens with one attached hydrogen (secondary N) is 1. The molecule has 1 aliphatic rings. The molecule has 0 aliphatic carbocycles. The maximum atomic E-state index is 9.97. The number of nitrogens with zero attached hydrogens (tertiary/aromatic N) is 2. The molecule has 1 atom stereocenters. The number of aliphatic hydroxyl groups is 1. The second-order valence-corrected chi connectivity index (χ2v) is 5.47. The molecule has 0 amide bonds. The molecule has 2 N–H and O–H groups in total. The lowest BCUT2D eigenvalue weighted by Gasteiger charge is -2.28. The van der Waals surface area contributed by atoms with Crippen molar-refractivity contribution in [3.63, 3.8) is 0 Å². The van der Waals surface area contributed by atoms with Crippen LogP contribution in [0.2, 0.25) is 0 Å². The third-order valence-corrected chi connectivity index (χ3v) is 3.65. The van der Waals surface area contributed by atoms with Gasteiger partial charge in [-0.15, -0.1) is 0 Å². The lowest BCUT2D eigenvalue weighted by atomic mass is 10.1. The van der Waals surface area contributed by atoms with Crippen LogP contribution in [0, 0.1) is 0 Å². The third kappa shape index (κ3) is 7.50. The molecule has 1 aliphatic heterocycles. The van der Waals surface area contributed by atoms with Gasteiger partial charge in [0.15, 0.2) is 5.17 Å². The van der Waals surface area contributed by atoms with Gasteiger partial charge < -0.3 is 20.2 Å². The van der Waals surface area contributed by atoms with Crippen LogP contribution in [0.15, 0.2) is 29.6 Å². The molecule has 120 valence electrons. The molecule has 1 saturated heterocycles. The summed E-state index contributed by atoms with van der Waals surface area (Å²) in [5.74, 6) is 0. The molecule has 5 nitrogen and oxygen atoms in total. The number of piperidine rings is 1. The minimum Gasteiger partial charge on any atom is -0.394 e. The zero-order valence-electron chi connectivity index (χ0n) is 12.7. The van der Waals surface area contributed by atoms with Crippen LogP contribution in [-0.4, -0.2) is 54.6 Å². The second kappa shape index (κ2) is 10.7. The average molecular weight is 316 g/mol. The van der Waals surface area contributed by atoms with Gasteiger partial charge in [0.05, 0.1) is 6.10 Å². The molecule has 1 unspecified atom stereocenters. The topological polar surface area (TPSA) is 57.1 Å². The normalized spacial score (nSPS) is 19.2. The van der Waals surface area contributed by atoms with Crippen molar-refractivity contribution in [1.29, 1.82) is 0 Å². The first-order valence-electron chi connectivity index (χ1n) is 7.43. The van der Waals surface area contributed by atoms with Crippen molar-refractivity contribution in [2.24, 2.45) is 5.16 Å². The first kappa shape index (κ1) is 18.0. The summed E-state index contributed by atoms with van der Waals surface area (Å²) < 4.78 is 0. The first-order chi connectivity index (χ1) is 10.2. The summed E-state index contributed by atoms with van der Waals surface area (Å²) in [7, 11) is 1.77. The second-order valence-electron chi connectivity index (χ2n) is 5.11. The zero-order chi connectivity index (χ0) is 15.5. The van der Waals surface area contributed by atoms with Crippen molar-refractivity contribution >= 4 is 16.8 Å². The fourth-order valence-corrected chi connectivity index (χ4v) is 2.41. The zero-order valence-corrected chi connectivity index (χ0v) is 13.5. The molecule has 0 bridgehead atoms. The van der Waals surface area contributed by atoms with E-state index in [0.29, 0.717) is 25.1 Å². The number of rotatable bonds is 9. The van der Waals surface area contributed by atoms with Crippen LogP contribution in [0.4, 0.5) is 0 Å². The smallest absolute Gasteiger partial charge is 0.176 e. The summed E-state index contributed by atoms with van der Waals surface area (Å²) in [6, 6.07) is 0. The predicted octanol–water partition coefficient (Wildman–Crippen LogP) is 2.08. The molecule has 21 heavy (non-hydrogen) atoms. The maximum absolute atomic E-state index is 9.97. The van der Waals surface area contributed by atoms with Gasteiger partial charge in [-0.1, -0.05) is 35.8 Å². The highest BCUT2D eigenvalue weighted by Crippen LogP contribution is 2.10. The Bertz CT molecular complexity index is 366. The average Bonchev–Trinajstić information content (AvgIpc) is 2.50. The molecule has 0 aromatic rings. The number of hydrogen-bond acceptors (Lipinski definition) is 5. The fourth-order valence-electron chi connectivity index (χ4n) is 2.23. The Morgan fingerprint density at radius 1 is 1.48 bits per heavy atom. The van der Waals surface area contributed by atoms with Crippen molar-refractivity contribution in [2.45, 2.75) is 31.8 Å².